The highest BCUT2D eigenvalue weighted by atomic mass is 32.2. The molecule has 1 fully saturated rings. The highest BCUT2D eigenvalue weighted by Crippen LogP contribution is 2.40. The molecule has 0 spiro atoms. The highest BCUT2D eigenvalue weighted by molar-refractivity contribution is 8.13. The van der Waals surface area contributed by atoms with Gasteiger partial charge >= 0.3 is 5.97 Å². The standard InChI is InChI=1S/C20H27NO5S/c1-14(22)27-13-20(10-8-16(26-2)9-11-20)19(25)21-17(18(23)24)12-15-6-4-3-5-7-15/h3-7,16-17H,8-13H2,1-2H3,(H,21,25)(H,23,24). The summed E-state index contributed by atoms with van der Waals surface area (Å²) in [7, 11) is 1.66. The van der Waals surface area contributed by atoms with E-state index in [0.717, 1.165) is 30.2 Å². The van der Waals surface area contributed by atoms with Gasteiger partial charge in [-0.05, 0) is 31.2 Å². The van der Waals surface area contributed by atoms with Crippen molar-refractivity contribution in [2.75, 3.05) is 12.9 Å². The van der Waals surface area contributed by atoms with E-state index in [1.807, 2.05) is 30.3 Å². The zero-order valence-corrected chi connectivity index (χ0v) is 16.6. The second-order valence-electron chi connectivity index (χ2n) is 7.05. The molecule has 1 amide bonds. The maximum atomic E-state index is 13.1. The van der Waals surface area contributed by atoms with Gasteiger partial charge in [0, 0.05) is 26.2 Å². The van der Waals surface area contributed by atoms with Crippen molar-refractivity contribution in [3.63, 3.8) is 0 Å². The quantitative estimate of drug-likeness (QED) is 0.705. The average Bonchev–Trinajstić information content (AvgIpc) is 2.66. The lowest BCUT2D eigenvalue weighted by atomic mass is 9.73. The topological polar surface area (TPSA) is 92.7 Å². The van der Waals surface area contributed by atoms with Crippen LogP contribution in [-0.4, -0.2) is 47.1 Å². The largest absolute Gasteiger partial charge is 0.480 e. The molecule has 27 heavy (non-hydrogen) atoms. The number of hydrogen-bond acceptors (Lipinski definition) is 5. The van der Waals surface area contributed by atoms with Gasteiger partial charge in [0.1, 0.15) is 6.04 Å². The van der Waals surface area contributed by atoms with Gasteiger partial charge in [0.25, 0.3) is 0 Å². The number of ether oxygens (including phenoxy) is 1. The van der Waals surface area contributed by atoms with E-state index in [2.05, 4.69) is 5.32 Å². The number of carboxylic acid groups (broad SMARTS) is 1. The number of methoxy groups -OCH3 is 1. The van der Waals surface area contributed by atoms with Crippen LogP contribution < -0.4 is 5.32 Å². The molecule has 0 bridgehead atoms. The zero-order chi connectivity index (χ0) is 19.9. The zero-order valence-electron chi connectivity index (χ0n) is 15.8. The van der Waals surface area contributed by atoms with Crippen LogP contribution in [0.3, 0.4) is 0 Å². The van der Waals surface area contributed by atoms with Crippen LogP contribution >= 0.6 is 11.8 Å². The molecule has 6 nitrogen and oxygen atoms in total. The van der Waals surface area contributed by atoms with Gasteiger partial charge in [-0.15, -0.1) is 0 Å². The highest BCUT2D eigenvalue weighted by Gasteiger charge is 2.43. The summed E-state index contributed by atoms with van der Waals surface area (Å²) in [6.45, 7) is 1.48. The summed E-state index contributed by atoms with van der Waals surface area (Å²) in [6.07, 6.45) is 2.92. The van der Waals surface area contributed by atoms with E-state index in [-0.39, 0.29) is 23.5 Å². The molecule has 1 aromatic carbocycles. The molecule has 0 aliphatic heterocycles. The van der Waals surface area contributed by atoms with Gasteiger partial charge in [0.2, 0.25) is 5.91 Å². The van der Waals surface area contributed by atoms with Gasteiger partial charge in [-0.2, -0.15) is 0 Å². The van der Waals surface area contributed by atoms with Crippen molar-refractivity contribution in [2.45, 2.75) is 51.2 Å². The van der Waals surface area contributed by atoms with E-state index in [1.165, 1.54) is 6.92 Å². The maximum absolute atomic E-state index is 13.1. The van der Waals surface area contributed by atoms with Crippen molar-refractivity contribution in [1.82, 2.24) is 5.32 Å². The molecule has 1 saturated carbocycles. The third kappa shape index (κ3) is 6.07. The van der Waals surface area contributed by atoms with Crippen LogP contribution in [0, 0.1) is 5.41 Å². The van der Waals surface area contributed by atoms with Crippen LogP contribution in [0.25, 0.3) is 0 Å². The molecule has 7 heteroatoms. The fourth-order valence-electron chi connectivity index (χ4n) is 3.42. The molecule has 1 aromatic rings. The molecular formula is C20H27NO5S. The molecule has 2 rings (SSSR count). The molecule has 0 heterocycles. The Bertz CT molecular complexity index is 656. The molecule has 0 aromatic heterocycles. The Morgan fingerprint density at radius 3 is 2.41 bits per heavy atom. The van der Waals surface area contributed by atoms with Crippen LogP contribution in [0.1, 0.15) is 38.2 Å². The van der Waals surface area contributed by atoms with Gasteiger partial charge in [-0.25, -0.2) is 4.79 Å². The van der Waals surface area contributed by atoms with Crippen molar-refractivity contribution in [3.05, 3.63) is 35.9 Å². The molecule has 0 radical (unpaired) electrons. The Kier molecular flexibility index (Phi) is 7.86. The Morgan fingerprint density at radius 1 is 1.26 bits per heavy atom. The second kappa shape index (κ2) is 9.90. The van der Waals surface area contributed by atoms with Crippen molar-refractivity contribution in [3.8, 4) is 0 Å². The Balaban J connectivity index is 2.12. The predicted octanol–water partition coefficient (Wildman–Crippen LogP) is 2.65. The fourth-order valence-corrected chi connectivity index (χ4v) is 4.32. The van der Waals surface area contributed by atoms with E-state index >= 15 is 0 Å². The number of carbonyl (C=O) groups excluding carboxylic acids is 2. The summed E-state index contributed by atoms with van der Waals surface area (Å²) in [4.78, 5) is 36.2. The summed E-state index contributed by atoms with van der Waals surface area (Å²) in [5.74, 6) is -0.983. The third-order valence-electron chi connectivity index (χ3n) is 5.14. The molecule has 0 saturated heterocycles. The first-order valence-electron chi connectivity index (χ1n) is 9.10. The number of carboxylic acids is 1. The van der Waals surface area contributed by atoms with Crippen LogP contribution in [-0.2, 0) is 25.5 Å². The smallest absolute Gasteiger partial charge is 0.326 e. The Labute approximate surface area is 164 Å². The number of rotatable bonds is 8. The Hall–Kier alpha value is -1.86. The first-order chi connectivity index (χ1) is 12.9. The molecular weight excluding hydrogens is 366 g/mol. The summed E-state index contributed by atoms with van der Waals surface area (Å²) in [5, 5.41) is 12.3. The average molecular weight is 394 g/mol. The molecule has 148 valence electrons. The summed E-state index contributed by atoms with van der Waals surface area (Å²) < 4.78 is 5.39. The number of amides is 1. The minimum atomic E-state index is -1.06. The molecule has 2 N–H and O–H groups in total. The van der Waals surface area contributed by atoms with Gasteiger partial charge < -0.3 is 15.2 Å². The van der Waals surface area contributed by atoms with E-state index in [9.17, 15) is 19.5 Å². The summed E-state index contributed by atoms with van der Waals surface area (Å²) in [5.41, 5.74) is 0.107. The lowest BCUT2D eigenvalue weighted by Crippen LogP contribution is -2.52. The molecule has 1 aliphatic rings. The number of carbonyl (C=O) groups is 3. The maximum Gasteiger partial charge on any atom is 0.326 e. The number of benzene rings is 1. The molecule has 1 atom stereocenters. The monoisotopic (exact) mass is 393 g/mol. The number of nitrogens with one attached hydrogen (secondary N) is 1. The van der Waals surface area contributed by atoms with E-state index in [1.54, 1.807) is 7.11 Å². The fraction of sp³-hybridized carbons (Fsp3) is 0.550. The van der Waals surface area contributed by atoms with Crippen LogP contribution in [0.5, 0.6) is 0 Å². The lowest BCUT2D eigenvalue weighted by molar-refractivity contribution is -0.144. The third-order valence-corrected chi connectivity index (χ3v) is 6.25. The van der Waals surface area contributed by atoms with Crippen molar-refractivity contribution < 1.29 is 24.2 Å². The van der Waals surface area contributed by atoms with Crippen molar-refractivity contribution in [1.29, 1.82) is 0 Å². The second-order valence-corrected chi connectivity index (χ2v) is 8.20. The molecule has 1 unspecified atom stereocenters. The first kappa shape index (κ1) is 21.4. The molecule has 1 aliphatic carbocycles. The normalized spacial score (nSPS) is 23.4. The first-order valence-corrected chi connectivity index (χ1v) is 10.1. The van der Waals surface area contributed by atoms with E-state index in [4.69, 9.17) is 4.74 Å². The minimum Gasteiger partial charge on any atom is -0.480 e. The predicted molar refractivity (Wildman–Crippen MR) is 105 cm³/mol. The number of hydrogen-bond donors (Lipinski definition) is 2. The number of aliphatic carboxylic acids is 1. The number of thioether (sulfide) groups is 1. The SMILES string of the molecule is COC1CCC(CSC(C)=O)(C(=O)NC(Cc2ccccc2)C(=O)O)CC1. The minimum absolute atomic E-state index is 0.0462. The van der Waals surface area contributed by atoms with Gasteiger partial charge in [0.15, 0.2) is 5.12 Å². The van der Waals surface area contributed by atoms with Gasteiger partial charge in [-0.3, -0.25) is 9.59 Å². The van der Waals surface area contributed by atoms with Crippen LogP contribution in [0.15, 0.2) is 30.3 Å². The van der Waals surface area contributed by atoms with Gasteiger partial charge in [0.05, 0.1) is 11.5 Å². The van der Waals surface area contributed by atoms with Crippen LogP contribution in [0.2, 0.25) is 0 Å². The summed E-state index contributed by atoms with van der Waals surface area (Å²) >= 11 is 1.13. The van der Waals surface area contributed by atoms with Crippen LogP contribution in [0.4, 0.5) is 0 Å². The summed E-state index contributed by atoms with van der Waals surface area (Å²) in [6, 6.07) is 8.22. The van der Waals surface area contributed by atoms with E-state index in [0.29, 0.717) is 18.6 Å². The Morgan fingerprint density at radius 2 is 1.89 bits per heavy atom. The van der Waals surface area contributed by atoms with Crippen molar-refractivity contribution in [2.24, 2.45) is 5.41 Å². The van der Waals surface area contributed by atoms with E-state index < -0.39 is 17.4 Å². The van der Waals surface area contributed by atoms with Gasteiger partial charge in [-0.1, -0.05) is 42.1 Å². The van der Waals surface area contributed by atoms with Crippen molar-refractivity contribution >= 4 is 28.8 Å². The lowest BCUT2D eigenvalue weighted by Gasteiger charge is -2.38.